The van der Waals surface area contributed by atoms with Gasteiger partial charge in [-0.3, -0.25) is 9.69 Å². The molecular formula is C19H20ClFN2O2. The van der Waals surface area contributed by atoms with Gasteiger partial charge in [-0.05, 0) is 30.7 Å². The molecule has 1 amide bonds. The van der Waals surface area contributed by atoms with E-state index in [1.807, 2.05) is 37.3 Å². The van der Waals surface area contributed by atoms with Crippen molar-refractivity contribution in [3.63, 3.8) is 0 Å². The molecule has 0 radical (unpaired) electrons. The lowest BCUT2D eigenvalue weighted by molar-refractivity contribution is -0.122. The molecule has 3 rings (SSSR count). The fourth-order valence-corrected chi connectivity index (χ4v) is 3.18. The molecule has 2 unspecified atom stereocenters. The summed E-state index contributed by atoms with van der Waals surface area (Å²) in [6.07, 6.45) is -0.0231. The van der Waals surface area contributed by atoms with Gasteiger partial charge in [0.2, 0.25) is 5.91 Å². The van der Waals surface area contributed by atoms with Crippen molar-refractivity contribution >= 4 is 23.2 Å². The van der Waals surface area contributed by atoms with Crippen LogP contribution < -0.4 is 5.32 Å². The molecule has 25 heavy (non-hydrogen) atoms. The number of anilines is 1. The number of nitrogens with one attached hydrogen (secondary N) is 1. The van der Waals surface area contributed by atoms with Gasteiger partial charge < -0.3 is 10.1 Å². The Morgan fingerprint density at radius 2 is 2.04 bits per heavy atom. The summed E-state index contributed by atoms with van der Waals surface area (Å²) in [5.74, 6) is -0.670. The molecule has 1 saturated heterocycles. The lowest BCUT2D eigenvalue weighted by Gasteiger charge is -2.36. The maximum atomic E-state index is 13.2. The molecular weight excluding hydrogens is 343 g/mol. The highest BCUT2D eigenvalue weighted by atomic mass is 35.5. The molecule has 1 heterocycles. The van der Waals surface area contributed by atoms with Crippen LogP contribution in [0.4, 0.5) is 10.1 Å². The first-order valence-corrected chi connectivity index (χ1v) is 8.56. The Balaban J connectivity index is 1.61. The molecule has 2 aromatic rings. The van der Waals surface area contributed by atoms with Gasteiger partial charge in [-0.2, -0.15) is 0 Å². The standard InChI is InChI=1S/C19H20ClFN2O2/c1-13-10-23(11-18(25-13)14-5-3-2-4-6-14)12-19(24)22-15-7-8-17(21)16(20)9-15/h2-9,13,18H,10-12H2,1H3,(H,22,24). The van der Waals surface area contributed by atoms with Gasteiger partial charge in [0.1, 0.15) is 5.82 Å². The van der Waals surface area contributed by atoms with Crippen LogP contribution in [0.15, 0.2) is 48.5 Å². The van der Waals surface area contributed by atoms with Crippen LogP contribution >= 0.6 is 11.6 Å². The van der Waals surface area contributed by atoms with Gasteiger partial charge >= 0.3 is 0 Å². The normalized spacial score (nSPS) is 21.1. The zero-order valence-corrected chi connectivity index (χ0v) is 14.7. The van der Waals surface area contributed by atoms with Crippen LogP contribution in [0.2, 0.25) is 5.02 Å². The van der Waals surface area contributed by atoms with E-state index in [1.54, 1.807) is 0 Å². The highest BCUT2D eigenvalue weighted by molar-refractivity contribution is 6.31. The van der Waals surface area contributed by atoms with Gasteiger partial charge in [0.05, 0.1) is 23.8 Å². The Kier molecular flexibility index (Phi) is 5.68. The Morgan fingerprint density at radius 3 is 2.76 bits per heavy atom. The van der Waals surface area contributed by atoms with E-state index in [4.69, 9.17) is 16.3 Å². The van der Waals surface area contributed by atoms with E-state index in [9.17, 15) is 9.18 Å². The number of nitrogens with zero attached hydrogens (tertiary/aromatic N) is 1. The van der Waals surface area contributed by atoms with Crippen molar-refractivity contribution in [1.82, 2.24) is 4.90 Å². The third-order valence-corrected chi connectivity index (χ3v) is 4.37. The first kappa shape index (κ1) is 17.9. The first-order valence-electron chi connectivity index (χ1n) is 8.19. The maximum absolute atomic E-state index is 13.2. The SMILES string of the molecule is CC1CN(CC(=O)Nc2ccc(F)c(Cl)c2)CC(c2ccccc2)O1. The molecule has 4 nitrogen and oxygen atoms in total. The molecule has 0 aromatic heterocycles. The largest absolute Gasteiger partial charge is 0.368 e. The van der Waals surface area contributed by atoms with E-state index in [-0.39, 0.29) is 29.7 Å². The van der Waals surface area contributed by atoms with Gasteiger partial charge in [0, 0.05) is 18.8 Å². The molecule has 0 spiro atoms. The molecule has 1 fully saturated rings. The van der Waals surface area contributed by atoms with Gasteiger partial charge in [-0.15, -0.1) is 0 Å². The van der Waals surface area contributed by atoms with Crippen LogP contribution in [0.1, 0.15) is 18.6 Å². The average Bonchev–Trinajstić information content (AvgIpc) is 2.58. The summed E-state index contributed by atoms with van der Waals surface area (Å²) in [5, 5.41) is 2.74. The molecule has 1 aliphatic rings. The van der Waals surface area contributed by atoms with E-state index >= 15 is 0 Å². The van der Waals surface area contributed by atoms with Crippen molar-refractivity contribution < 1.29 is 13.9 Å². The minimum absolute atomic E-state index is 0.0121. The van der Waals surface area contributed by atoms with Crippen molar-refractivity contribution in [2.75, 3.05) is 25.0 Å². The fourth-order valence-electron chi connectivity index (χ4n) is 3.00. The molecule has 6 heteroatoms. The molecule has 2 aromatic carbocycles. The number of ether oxygens (including phenoxy) is 1. The van der Waals surface area contributed by atoms with Crippen LogP contribution in [0.3, 0.4) is 0 Å². The summed E-state index contributed by atoms with van der Waals surface area (Å²) in [4.78, 5) is 14.4. The van der Waals surface area contributed by atoms with Crippen molar-refractivity contribution in [2.24, 2.45) is 0 Å². The van der Waals surface area contributed by atoms with E-state index in [0.717, 1.165) is 5.56 Å². The third kappa shape index (κ3) is 4.78. The number of benzene rings is 2. The minimum atomic E-state index is -0.507. The number of morpholine rings is 1. The first-order chi connectivity index (χ1) is 12.0. The van der Waals surface area contributed by atoms with Crippen molar-refractivity contribution in [3.8, 4) is 0 Å². The number of rotatable bonds is 4. The predicted molar refractivity (Wildman–Crippen MR) is 96.2 cm³/mol. The Bertz CT molecular complexity index is 741. The summed E-state index contributed by atoms with van der Waals surface area (Å²) in [6, 6.07) is 14.1. The third-order valence-electron chi connectivity index (χ3n) is 4.08. The topological polar surface area (TPSA) is 41.6 Å². The summed E-state index contributed by atoms with van der Waals surface area (Å²) >= 11 is 5.74. The lowest BCUT2D eigenvalue weighted by Crippen LogP contribution is -2.46. The quantitative estimate of drug-likeness (QED) is 0.897. The fraction of sp³-hybridized carbons (Fsp3) is 0.316. The summed E-state index contributed by atoms with van der Waals surface area (Å²) in [6.45, 7) is 3.57. The minimum Gasteiger partial charge on any atom is -0.368 e. The number of carbonyl (C=O) groups is 1. The van der Waals surface area contributed by atoms with Gasteiger partial charge in [0.25, 0.3) is 0 Å². The predicted octanol–water partition coefficient (Wildman–Crippen LogP) is 3.88. The smallest absolute Gasteiger partial charge is 0.238 e. The second-order valence-corrected chi connectivity index (χ2v) is 6.62. The Hall–Kier alpha value is -1.95. The van der Waals surface area contributed by atoms with Gasteiger partial charge in [0.15, 0.2) is 0 Å². The van der Waals surface area contributed by atoms with Crippen molar-refractivity contribution in [1.29, 1.82) is 0 Å². The number of amides is 1. The maximum Gasteiger partial charge on any atom is 0.238 e. The molecule has 2 atom stereocenters. The Labute approximate surface area is 151 Å². The van der Waals surface area contributed by atoms with E-state index in [1.165, 1.54) is 18.2 Å². The monoisotopic (exact) mass is 362 g/mol. The second-order valence-electron chi connectivity index (χ2n) is 6.22. The van der Waals surface area contributed by atoms with Crippen LogP contribution in [0.5, 0.6) is 0 Å². The lowest BCUT2D eigenvalue weighted by atomic mass is 10.1. The summed E-state index contributed by atoms with van der Waals surface area (Å²) < 4.78 is 19.2. The zero-order valence-electron chi connectivity index (χ0n) is 13.9. The molecule has 0 saturated carbocycles. The van der Waals surface area contributed by atoms with Crippen molar-refractivity contribution in [2.45, 2.75) is 19.1 Å². The van der Waals surface area contributed by atoms with Gasteiger partial charge in [-0.1, -0.05) is 41.9 Å². The number of hydrogen-bond acceptors (Lipinski definition) is 3. The molecule has 0 aliphatic carbocycles. The number of hydrogen-bond donors (Lipinski definition) is 1. The highest BCUT2D eigenvalue weighted by Gasteiger charge is 2.27. The summed E-state index contributed by atoms with van der Waals surface area (Å²) in [7, 11) is 0. The molecule has 1 N–H and O–H groups in total. The Morgan fingerprint density at radius 1 is 1.28 bits per heavy atom. The number of carbonyl (C=O) groups excluding carboxylic acids is 1. The second kappa shape index (κ2) is 7.95. The zero-order chi connectivity index (χ0) is 17.8. The molecule has 0 bridgehead atoms. The average molecular weight is 363 g/mol. The van der Waals surface area contributed by atoms with E-state index < -0.39 is 5.82 Å². The van der Waals surface area contributed by atoms with Crippen LogP contribution in [0, 0.1) is 5.82 Å². The van der Waals surface area contributed by atoms with Crippen LogP contribution in [-0.4, -0.2) is 36.5 Å². The summed E-state index contributed by atoms with van der Waals surface area (Å²) in [5.41, 5.74) is 1.59. The van der Waals surface area contributed by atoms with Gasteiger partial charge in [-0.25, -0.2) is 4.39 Å². The molecule has 1 aliphatic heterocycles. The molecule has 132 valence electrons. The van der Waals surface area contributed by atoms with E-state index in [2.05, 4.69) is 10.2 Å². The highest BCUT2D eigenvalue weighted by Crippen LogP contribution is 2.25. The van der Waals surface area contributed by atoms with E-state index in [0.29, 0.717) is 18.8 Å². The van der Waals surface area contributed by atoms with Crippen LogP contribution in [-0.2, 0) is 9.53 Å². The number of halogens is 2. The van der Waals surface area contributed by atoms with Crippen molar-refractivity contribution in [3.05, 3.63) is 64.9 Å². The van der Waals surface area contributed by atoms with Crippen LogP contribution in [0.25, 0.3) is 0 Å².